The van der Waals surface area contributed by atoms with E-state index in [1.807, 2.05) is 0 Å². The SMILES string of the molecule is CC/C=C\C/C=C\C/C=C\C/C=C\C/C=C\CCCC(CC(=O)NC(CO)C(O)CCCCCCCCCCC)OC(=O)CCCCCCCCCCCCCC. The van der Waals surface area contributed by atoms with Crippen LogP contribution in [0.2, 0.25) is 0 Å². The van der Waals surface area contributed by atoms with Crippen molar-refractivity contribution in [1.29, 1.82) is 0 Å². The lowest BCUT2D eigenvalue weighted by Crippen LogP contribution is -2.46. The Balaban J connectivity index is 4.72. The molecule has 0 fully saturated rings. The molecule has 6 heteroatoms. The zero-order valence-corrected chi connectivity index (χ0v) is 37.5. The first-order valence-corrected chi connectivity index (χ1v) is 24.0. The number of carbonyl (C=O) groups excluding carboxylic acids is 2. The first kappa shape index (κ1) is 54.6. The molecular formula is C51H91NO5. The Morgan fingerprint density at radius 1 is 0.526 bits per heavy atom. The van der Waals surface area contributed by atoms with Gasteiger partial charge in [0.2, 0.25) is 5.91 Å². The minimum Gasteiger partial charge on any atom is -0.462 e. The second-order valence-electron chi connectivity index (χ2n) is 16.1. The molecule has 0 aliphatic carbocycles. The summed E-state index contributed by atoms with van der Waals surface area (Å²) >= 11 is 0. The molecule has 0 aliphatic rings. The largest absolute Gasteiger partial charge is 0.462 e. The van der Waals surface area contributed by atoms with Crippen molar-refractivity contribution in [2.45, 2.75) is 244 Å². The lowest BCUT2D eigenvalue weighted by molar-refractivity contribution is -0.151. The van der Waals surface area contributed by atoms with Crippen LogP contribution in [0.5, 0.6) is 0 Å². The van der Waals surface area contributed by atoms with Crippen molar-refractivity contribution in [1.82, 2.24) is 5.32 Å². The molecule has 0 spiro atoms. The molecule has 1 amide bonds. The van der Waals surface area contributed by atoms with Crippen LogP contribution < -0.4 is 5.32 Å². The highest BCUT2D eigenvalue weighted by Gasteiger charge is 2.24. The topological polar surface area (TPSA) is 95.9 Å². The van der Waals surface area contributed by atoms with Crippen LogP contribution >= 0.6 is 0 Å². The number of unbranched alkanes of at least 4 members (excludes halogenated alkanes) is 20. The Hall–Kier alpha value is -2.44. The maximum Gasteiger partial charge on any atom is 0.306 e. The molecule has 3 N–H and O–H groups in total. The molecule has 330 valence electrons. The summed E-state index contributed by atoms with van der Waals surface area (Å²) in [6.45, 7) is 6.32. The van der Waals surface area contributed by atoms with Gasteiger partial charge in [0.25, 0.3) is 0 Å². The summed E-state index contributed by atoms with van der Waals surface area (Å²) in [7, 11) is 0. The van der Waals surface area contributed by atoms with Gasteiger partial charge >= 0.3 is 5.97 Å². The molecule has 57 heavy (non-hydrogen) atoms. The van der Waals surface area contributed by atoms with Gasteiger partial charge in [0.1, 0.15) is 6.10 Å². The monoisotopic (exact) mass is 798 g/mol. The molecule has 0 saturated carbocycles. The number of hydrogen-bond donors (Lipinski definition) is 3. The van der Waals surface area contributed by atoms with Crippen LogP contribution in [-0.2, 0) is 14.3 Å². The molecule has 0 aromatic carbocycles. The lowest BCUT2D eigenvalue weighted by atomic mass is 10.0. The molecule has 0 bridgehead atoms. The van der Waals surface area contributed by atoms with Crippen molar-refractivity contribution in [3.05, 3.63) is 60.8 Å². The number of carbonyl (C=O) groups is 2. The number of amides is 1. The molecule has 3 atom stereocenters. The molecule has 0 heterocycles. The maximum atomic E-state index is 13.1. The van der Waals surface area contributed by atoms with Crippen molar-refractivity contribution < 1.29 is 24.5 Å². The predicted molar refractivity (Wildman–Crippen MR) is 245 cm³/mol. The summed E-state index contributed by atoms with van der Waals surface area (Å²) in [4.78, 5) is 26.0. The van der Waals surface area contributed by atoms with Crippen molar-refractivity contribution in [3.8, 4) is 0 Å². The average molecular weight is 798 g/mol. The molecule has 0 aromatic rings. The van der Waals surface area contributed by atoms with E-state index >= 15 is 0 Å². The van der Waals surface area contributed by atoms with Gasteiger partial charge in [-0.3, -0.25) is 9.59 Å². The molecule has 0 rings (SSSR count). The van der Waals surface area contributed by atoms with Gasteiger partial charge in [0.15, 0.2) is 0 Å². The predicted octanol–water partition coefficient (Wildman–Crippen LogP) is 14.1. The minimum absolute atomic E-state index is 0.0388. The first-order chi connectivity index (χ1) is 28.0. The van der Waals surface area contributed by atoms with Crippen LogP contribution in [0.25, 0.3) is 0 Å². The van der Waals surface area contributed by atoms with Gasteiger partial charge in [0.05, 0.1) is 25.2 Å². The number of rotatable bonds is 42. The van der Waals surface area contributed by atoms with Gasteiger partial charge in [-0.15, -0.1) is 0 Å². The Kier molecular flexibility index (Phi) is 42.7. The minimum atomic E-state index is -0.800. The fourth-order valence-electron chi connectivity index (χ4n) is 6.99. The van der Waals surface area contributed by atoms with E-state index in [1.54, 1.807) is 0 Å². The van der Waals surface area contributed by atoms with Gasteiger partial charge in [-0.1, -0.05) is 210 Å². The van der Waals surface area contributed by atoms with Crippen molar-refractivity contribution in [3.63, 3.8) is 0 Å². The van der Waals surface area contributed by atoms with Crippen LogP contribution in [0.3, 0.4) is 0 Å². The van der Waals surface area contributed by atoms with Crippen LogP contribution in [0.15, 0.2) is 60.8 Å². The fraction of sp³-hybridized carbons (Fsp3) is 0.765. The van der Waals surface area contributed by atoms with E-state index in [4.69, 9.17) is 4.74 Å². The van der Waals surface area contributed by atoms with Crippen molar-refractivity contribution >= 4 is 11.9 Å². The molecule has 0 saturated heterocycles. The molecular weight excluding hydrogens is 707 g/mol. The number of aliphatic hydroxyl groups excluding tert-OH is 2. The maximum absolute atomic E-state index is 13.1. The van der Waals surface area contributed by atoms with E-state index in [0.717, 1.165) is 83.5 Å². The highest BCUT2D eigenvalue weighted by molar-refractivity contribution is 5.77. The summed E-state index contributed by atoms with van der Waals surface area (Å²) in [6, 6.07) is -0.717. The fourth-order valence-corrected chi connectivity index (χ4v) is 6.99. The van der Waals surface area contributed by atoms with E-state index in [-0.39, 0.29) is 24.9 Å². The highest BCUT2D eigenvalue weighted by atomic mass is 16.5. The van der Waals surface area contributed by atoms with E-state index in [9.17, 15) is 19.8 Å². The van der Waals surface area contributed by atoms with E-state index in [2.05, 4.69) is 86.8 Å². The zero-order valence-electron chi connectivity index (χ0n) is 37.5. The summed E-state index contributed by atoms with van der Waals surface area (Å²) in [6.07, 6.45) is 54.3. The van der Waals surface area contributed by atoms with Gasteiger partial charge in [-0.05, 0) is 64.2 Å². The molecule has 3 unspecified atom stereocenters. The molecule has 0 aromatic heterocycles. The number of hydrogen-bond acceptors (Lipinski definition) is 5. The van der Waals surface area contributed by atoms with Gasteiger partial charge in [-0.2, -0.15) is 0 Å². The van der Waals surface area contributed by atoms with Crippen LogP contribution in [0, 0.1) is 0 Å². The lowest BCUT2D eigenvalue weighted by Gasteiger charge is -2.24. The van der Waals surface area contributed by atoms with E-state index in [0.29, 0.717) is 19.3 Å². The third-order valence-corrected chi connectivity index (χ3v) is 10.6. The summed E-state index contributed by atoms with van der Waals surface area (Å²) in [5, 5.41) is 23.6. The number of ether oxygens (including phenoxy) is 1. The van der Waals surface area contributed by atoms with Crippen LogP contribution in [-0.4, -0.2) is 46.9 Å². The average Bonchev–Trinajstić information content (AvgIpc) is 3.20. The number of aliphatic hydroxyl groups is 2. The normalized spacial score (nSPS) is 13.8. The Morgan fingerprint density at radius 2 is 0.947 bits per heavy atom. The summed E-state index contributed by atoms with van der Waals surface area (Å²) < 4.78 is 5.89. The highest BCUT2D eigenvalue weighted by Crippen LogP contribution is 2.17. The van der Waals surface area contributed by atoms with Gasteiger partial charge in [0, 0.05) is 6.42 Å². The standard InChI is InChI=1S/C51H91NO5/c1-4-7-10-13-16-19-21-23-24-25-26-27-28-31-33-36-39-42-47(57-51(56)44-41-38-35-32-29-22-20-17-14-11-8-5-2)45-50(55)52-48(46-53)49(54)43-40-37-34-30-18-15-12-9-6-3/h7,10,16,19,23-24,26-27,31,33,47-49,53-54H,4-6,8-9,11-15,17-18,20-22,25,28-30,32,34-46H2,1-3H3,(H,52,55)/b10-7-,19-16-,24-23-,27-26-,33-31-. The smallest absolute Gasteiger partial charge is 0.306 e. The Bertz CT molecular complexity index is 1030. The summed E-state index contributed by atoms with van der Waals surface area (Å²) in [5.41, 5.74) is 0. The van der Waals surface area contributed by atoms with Crippen molar-refractivity contribution in [2.24, 2.45) is 0 Å². The Morgan fingerprint density at radius 3 is 1.40 bits per heavy atom. The Labute approximate surface area is 352 Å². The van der Waals surface area contributed by atoms with Crippen LogP contribution in [0.1, 0.15) is 226 Å². The van der Waals surface area contributed by atoms with Crippen LogP contribution in [0.4, 0.5) is 0 Å². The first-order valence-electron chi connectivity index (χ1n) is 24.0. The number of allylic oxidation sites excluding steroid dienone is 10. The third kappa shape index (κ3) is 40.1. The van der Waals surface area contributed by atoms with E-state index < -0.39 is 18.2 Å². The van der Waals surface area contributed by atoms with Gasteiger partial charge in [-0.25, -0.2) is 0 Å². The van der Waals surface area contributed by atoms with Crippen molar-refractivity contribution in [2.75, 3.05) is 6.61 Å². The molecule has 0 radical (unpaired) electrons. The molecule has 6 nitrogen and oxygen atoms in total. The second-order valence-corrected chi connectivity index (χ2v) is 16.1. The third-order valence-electron chi connectivity index (χ3n) is 10.6. The second kappa shape index (κ2) is 44.7. The zero-order chi connectivity index (χ0) is 41.7. The number of nitrogens with one attached hydrogen (secondary N) is 1. The van der Waals surface area contributed by atoms with Gasteiger partial charge < -0.3 is 20.3 Å². The number of esters is 1. The van der Waals surface area contributed by atoms with E-state index in [1.165, 1.54) is 96.3 Å². The molecule has 0 aliphatic heterocycles. The quantitative estimate of drug-likeness (QED) is 0.0325. The summed E-state index contributed by atoms with van der Waals surface area (Å²) in [5.74, 6) is -0.530.